The lowest BCUT2D eigenvalue weighted by Gasteiger charge is -2.20. The minimum atomic E-state index is -1.22. The molecule has 1 aromatic rings. The molecule has 1 unspecified atom stereocenters. The first kappa shape index (κ1) is 17.6. The first-order chi connectivity index (χ1) is 10.2. The quantitative estimate of drug-likeness (QED) is 0.617. The third kappa shape index (κ3) is 4.85. The van der Waals surface area contributed by atoms with Crippen molar-refractivity contribution in [2.45, 2.75) is 32.8 Å². The number of hydrogen-bond donors (Lipinski definition) is 0. The van der Waals surface area contributed by atoms with Crippen molar-refractivity contribution in [3.05, 3.63) is 29.6 Å². The van der Waals surface area contributed by atoms with Gasteiger partial charge in [0.2, 0.25) is 0 Å². The fourth-order valence-corrected chi connectivity index (χ4v) is 1.77. The Hall–Kier alpha value is -2.42. The molecule has 0 aliphatic carbocycles. The summed E-state index contributed by atoms with van der Waals surface area (Å²) in [4.78, 5) is 23.9. The molecular formula is C16H18FNO4. The van der Waals surface area contributed by atoms with Crippen LogP contribution < -0.4 is 4.74 Å². The van der Waals surface area contributed by atoms with Crippen molar-refractivity contribution in [2.75, 3.05) is 7.11 Å². The number of ether oxygens (including phenoxy) is 2. The number of carbonyl (C=O) groups is 2. The van der Waals surface area contributed by atoms with Crippen LogP contribution in [0.15, 0.2) is 18.2 Å². The lowest BCUT2D eigenvalue weighted by molar-refractivity contribution is -0.155. The number of rotatable bonds is 5. The fraction of sp³-hybridized carbons (Fsp3) is 0.438. The number of nitriles is 1. The predicted octanol–water partition coefficient (Wildman–Crippen LogP) is 2.89. The Balaban J connectivity index is 2.87. The summed E-state index contributed by atoms with van der Waals surface area (Å²) in [5, 5.41) is 9.08. The number of nitrogens with zero attached hydrogens (tertiary/aromatic N) is 1. The van der Waals surface area contributed by atoms with E-state index >= 15 is 0 Å². The van der Waals surface area contributed by atoms with Gasteiger partial charge in [0.1, 0.15) is 11.5 Å². The zero-order valence-electron chi connectivity index (χ0n) is 13.0. The van der Waals surface area contributed by atoms with Gasteiger partial charge in [-0.3, -0.25) is 9.59 Å². The van der Waals surface area contributed by atoms with E-state index in [0.717, 1.165) is 6.07 Å². The number of ketones is 1. The molecule has 0 spiro atoms. The van der Waals surface area contributed by atoms with Crippen LogP contribution in [0.5, 0.6) is 5.75 Å². The van der Waals surface area contributed by atoms with Gasteiger partial charge in [-0.15, -0.1) is 0 Å². The molecule has 0 aliphatic heterocycles. The van der Waals surface area contributed by atoms with Crippen molar-refractivity contribution in [1.82, 2.24) is 0 Å². The lowest BCUT2D eigenvalue weighted by Crippen LogP contribution is -2.27. The van der Waals surface area contributed by atoms with E-state index in [0.29, 0.717) is 0 Å². The van der Waals surface area contributed by atoms with Crippen molar-refractivity contribution in [3.63, 3.8) is 0 Å². The smallest absolute Gasteiger partial charge is 0.308 e. The Morgan fingerprint density at radius 2 is 2.00 bits per heavy atom. The minimum absolute atomic E-state index is 0.00259. The lowest BCUT2D eigenvalue weighted by atomic mass is 9.95. The third-order valence-corrected chi connectivity index (χ3v) is 2.70. The Morgan fingerprint density at radius 3 is 2.45 bits per heavy atom. The molecule has 0 fully saturated rings. The molecule has 1 atom stereocenters. The summed E-state index contributed by atoms with van der Waals surface area (Å²) in [6.45, 7) is 5.06. The van der Waals surface area contributed by atoms with Crippen LogP contribution in [-0.4, -0.2) is 24.5 Å². The van der Waals surface area contributed by atoms with Gasteiger partial charge in [-0.1, -0.05) is 0 Å². The van der Waals surface area contributed by atoms with Crippen LogP contribution in [0.1, 0.15) is 37.6 Å². The van der Waals surface area contributed by atoms with Crippen molar-refractivity contribution < 1.29 is 23.5 Å². The van der Waals surface area contributed by atoms with Gasteiger partial charge in [0.25, 0.3) is 0 Å². The molecule has 0 aromatic heterocycles. The molecule has 0 saturated carbocycles. The van der Waals surface area contributed by atoms with Crippen LogP contribution in [0.4, 0.5) is 4.39 Å². The van der Waals surface area contributed by atoms with Crippen molar-refractivity contribution in [1.29, 1.82) is 5.26 Å². The largest absolute Gasteiger partial charge is 0.494 e. The van der Waals surface area contributed by atoms with Gasteiger partial charge in [-0.25, -0.2) is 4.39 Å². The molecular weight excluding hydrogens is 289 g/mol. The Morgan fingerprint density at radius 1 is 1.36 bits per heavy atom. The molecule has 0 N–H and O–H groups in total. The van der Waals surface area contributed by atoms with Gasteiger partial charge in [0.05, 0.1) is 19.6 Å². The second-order valence-electron chi connectivity index (χ2n) is 5.69. The monoisotopic (exact) mass is 307 g/mol. The number of methoxy groups -OCH3 is 1. The number of benzene rings is 1. The maximum absolute atomic E-state index is 13.6. The summed E-state index contributed by atoms with van der Waals surface area (Å²) in [7, 11) is 1.31. The summed E-state index contributed by atoms with van der Waals surface area (Å²) in [6, 6.07) is 5.39. The van der Waals surface area contributed by atoms with Crippen molar-refractivity contribution >= 4 is 11.8 Å². The predicted molar refractivity (Wildman–Crippen MR) is 76.8 cm³/mol. The third-order valence-electron chi connectivity index (χ3n) is 2.70. The molecule has 0 heterocycles. The van der Waals surface area contributed by atoms with Gasteiger partial charge in [-0.05, 0) is 39.0 Å². The van der Waals surface area contributed by atoms with Crippen molar-refractivity contribution in [3.8, 4) is 11.8 Å². The van der Waals surface area contributed by atoms with E-state index in [1.54, 1.807) is 26.8 Å². The first-order valence-corrected chi connectivity index (χ1v) is 6.67. The Labute approximate surface area is 128 Å². The molecule has 1 rings (SSSR count). The highest BCUT2D eigenvalue weighted by Gasteiger charge is 2.26. The standard InChI is InChI=1S/C16H18FNO4/c1-16(2,3)22-14(19)8-11(9-18)15(20)10-5-6-13(21-4)12(17)7-10/h5-7,11H,8H2,1-4H3. The highest BCUT2D eigenvalue weighted by atomic mass is 19.1. The second-order valence-corrected chi connectivity index (χ2v) is 5.69. The van der Waals surface area contributed by atoms with Crippen LogP contribution >= 0.6 is 0 Å². The average molecular weight is 307 g/mol. The molecule has 0 aliphatic rings. The number of halogens is 1. The number of carbonyl (C=O) groups excluding carboxylic acids is 2. The van der Waals surface area contributed by atoms with E-state index in [1.807, 2.05) is 0 Å². The minimum Gasteiger partial charge on any atom is -0.494 e. The van der Waals surface area contributed by atoms with Crippen LogP contribution in [0.25, 0.3) is 0 Å². The number of esters is 1. The second kappa shape index (κ2) is 7.03. The summed E-state index contributed by atoms with van der Waals surface area (Å²) >= 11 is 0. The van der Waals surface area contributed by atoms with E-state index in [4.69, 9.17) is 14.7 Å². The van der Waals surface area contributed by atoms with Crippen LogP contribution in [0.3, 0.4) is 0 Å². The summed E-state index contributed by atoms with van der Waals surface area (Å²) in [5.74, 6) is -3.21. The number of Topliss-reactive ketones (excluding diaryl/α,β-unsaturated/α-hetero) is 1. The van der Waals surface area contributed by atoms with E-state index in [1.165, 1.54) is 19.2 Å². The summed E-state index contributed by atoms with van der Waals surface area (Å²) < 4.78 is 23.5. The molecule has 0 radical (unpaired) electrons. The SMILES string of the molecule is COc1ccc(C(=O)C(C#N)CC(=O)OC(C)(C)C)cc1F. The molecule has 1 aromatic carbocycles. The molecule has 5 nitrogen and oxygen atoms in total. The highest BCUT2D eigenvalue weighted by molar-refractivity contribution is 6.01. The van der Waals surface area contributed by atoms with Crippen LogP contribution in [-0.2, 0) is 9.53 Å². The molecule has 0 bridgehead atoms. The van der Waals surface area contributed by atoms with Gasteiger partial charge in [-0.2, -0.15) is 5.26 Å². The zero-order chi connectivity index (χ0) is 16.9. The van der Waals surface area contributed by atoms with E-state index in [2.05, 4.69) is 0 Å². The summed E-state index contributed by atoms with van der Waals surface area (Å²) in [6.07, 6.45) is -0.375. The molecule has 6 heteroatoms. The average Bonchev–Trinajstić information content (AvgIpc) is 2.42. The maximum atomic E-state index is 13.6. The van der Waals surface area contributed by atoms with Crippen LogP contribution in [0.2, 0.25) is 0 Å². The van der Waals surface area contributed by atoms with Gasteiger partial charge in [0.15, 0.2) is 17.3 Å². The Bertz CT molecular complexity index is 614. The Kier molecular flexibility index (Phi) is 5.63. The number of hydrogen-bond acceptors (Lipinski definition) is 5. The normalized spacial score (nSPS) is 12.2. The molecule has 0 saturated heterocycles. The summed E-state index contributed by atoms with van der Waals surface area (Å²) in [5.41, 5.74) is -0.694. The van der Waals surface area contributed by atoms with E-state index < -0.39 is 29.1 Å². The highest BCUT2D eigenvalue weighted by Crippen LogP contribution is 2.21. The van der Waals surface area contributed by atoms with E-state index in [9.17, 15) is 14.0 Å². The molecule has 0 amide bonds. The van der Waals surface area contributed by atoms with Gasteiger partial charge in [0, 0.05) is 5.56 Å². The molecule has 22 heavy (non-hydrogen) atoms. The maximum Gasteiger partial charge on any atom is 0.308 e. The molecule has 118 valence electrons. The van der Waals surface area contributed by atoms with Crippen molar-refractivity contribution in [2.24, 2.45) is 5.92 Å². The van der Waals surface area contributed by atoms with E-state index in [-0.39, 0.29) is 17.7 Å². The fourth-order valence-electron chi connectivity index (χ4n) is 1.77. The zero-order valence-corrected chi connectivity index (χ0v) is 13.0. The van der Waals surface area contributed by atoms with Gasteiger partial charge >= 0.3 is 5.97 Å². The topological polar surface area (TPSA) is 76.4 Å². The first-order valence-electron chi connectivity index (χ1n) is 6.67. The van der Waals surface area contributed by atoms with Crippen LogP contribution in [0, 0.1) is 23.1 Å². The van der Waals surface area contributed by atoms with Gasteiger partial charge < -0.3 is 9.47 Å².